The maximum absolute atomic E-state index is 11.6. The zero-order valence-corrected chi connectivity index (χ0v) is 16.5. The highest BCUT2D eigenvalue weighted by Gasteiger charge is 2.06. The average molecular weight is 376 g/mol. The van der Waals surface area contributed by atoms with Gasteiger partial charge < -0.3 is 29.6 Å². The highest BCUT2D eigenvalue weighted by Crippen LogP contribution is 2.04. The molecule has 0 fully saturated rings. The molecule has 0 unspecified atom stereocenters. The van der Waals surface area contributed by atoms with Crippen LogP contribution in [0.15, 0.2) is 0 Å². The van der Waals surface area contributed by atoms with E-state index >= 15 is 0 Å². The van der Waals surface area contributed by atoms with E-state index in [1.54, 1.807) is 0 Å². The molecule has 2 amide bonds. The van der Waals surface area contributed by atoms with Gasteiger partial charge in [-0.25, -0.2) is 0 Å². The fraction of sp³-hybridized carbons (Fsp3) is 0.889. The van der Waals surface area contributed by atoms with Crippen LogP contribution < -0.4 is 10.6 Å². The smallest absolute Gasteiger partial charge is 0.246 e. The van der Waals surface area contributed by atoms with Crippen molar-refractivity contribution in [2.75, 3.05) is 65.9 Å². The molecular formula is C18H36N2O6. The molecule has 0 aliphatic rings. The summed E-state index contributed by atoms with van der Waals surface area (Å²) in [7, 11) is 0. The number of hydrogen-bond acceptors (Lipinski definition) is 6. The number of nitrogens with one attached hydrogen (secondary N) is 2. The first-order valence-electron chi connectivity index (χ1n) is 9.42. The second kappa shape index (κ2) is 18.6. The Morgan fingerprint density at radius 3 is 1.77 bits per heavy atom. The van der Waals surface area contributed by atoms with E-state index in [-0.39, 0.29) is 18.4 Å². The summed E-state index contributed by atoms with van der Waals surface area (Å²) in [6.45, 7) is 10.2. The molecule has 0 radical (unpaired) electrons. The monoisotopic (exact) mass is 376 g/mol. The number of amides is 2. The minimum absolute atomic E-state index is 0.0618. The van der Waals surface area contributed by atoms with Crippen molar-refractivity contribution in [1.82, 2.24) is 10.6 Å². The van der Waals surface area contributed by atoms with Crippen LogP contribution in [0.5, 0.6) is 0 Å². The molecule has 154 valence electrons. The number of carbonyl (C=O) groups is 2. The van der Waals surface area contributed by atoms with Crippen LogP contribution in [-0.2, 0) is 28.5 Å². The Kier molecular flexibility index (Phi) is 17.7. The molecule has 0 aliphatic carbocycles. The van der Waals surface area contributed by atoms with Crippen LogP contribution in [0.25, 0.3) is 0 Å². The van der Waals surface area contributed by atoms with Gasteiger partial charge in [-0.1, -0.05) is 26.7 Å². The van der Waals surface area contributed by atoms with Crippen LogP contribution in [0.3, 0.4) is 0 Å². The molecular weight excluding hydrogens is 340 g/mol. The zero-order chi connectivity index (χ0) is 19.5. The molecule has 0 bridgehead atoms. The van der Waals surface area contributed by atoms with Gasteiger partial charge in [-0.15, -0.1) is 0 Å². The van der Waals surface area contributed by atoms with Crippen LogP contribution in [0.4, 0.5) is 0 Å². The maximum Gasteiger partial charge on any atom is 0.246 e. The standard InChI is InChI=1S/C18H36N2O6/c1-4-17(5-2)14-20-18(22)15-26-13-12-25-11-10-24-9-8-23-7-6-19-16(3)21/h17H,4-15H2,1-3H3,(H,19,21)(H,20,22). The van der Waals surface area contributed by atoms with Gasteiger partial charge in [0.05, 0.1) is 46.2 Å². The summed E-state index contributed by atoms with van der Waals surface area (Å²) in [5, 5.41) is 5.52. The molecule has 0 spiro atoms. The molecule has 0 atom stereocenters. The SMILES string of the molecule is CCC(CC)CNC(=O)COCCOCCOCCOCCNC(C)=O. The predicted molar refractivity (Wildman–Crippen MR) is 99.0 cm³/mol. The Labute approximate surface area is 157 Å². The number of ether oxygens (including phenoxy) is 4. The Balaban J connectivity index is 3.21. The third-order valence-electron chi connectivity index (χ3n) is 3.71. The third-order valence-corrected chi connectivity index (χ3v) is 3.71. The number of rotatable bonds is 18. The highest BCUT2D eigenvalue weighted by atomic mass is 16.6. The summed E-state index contributed by atoms with van der Waals surface area (Å²) in [5.41, 5.74) is 0. The Morgan fingerprint density at radius 2 is 1.27 bits per heavy atom. The van der Waals surface area contributed by atoms with E-state index in [0.29, 0.717) is 65.3 Å². The van der Waals surface area contributed by atoms with Gasteiger partial charge in [-0.2, -0.15) is 0 Å². The van der Waals surface area contributed by atoms with E-state index in [1.807, 2.05) is 0 Å². The van der Waals surface area contributed by atoms with Crippen molar-refractivity contribution in [2.45, 2.75) is 33.6 Å². The molecule has 0 aromatic carbocycles. The van der Waals surface area contributed by atoms with E-state index in [1.165, 1.54) is 6.92 Å². The first-order chi connectivity index (χ1) is 12.6. The lowest BCUT2D eigenvalue weighted by Gasteiger charge is -2.13. The largest absolute Gasteiger partial charge is 0.377 e. The fourth-order valence-electron chi connectivity index (χ4n) is 2.01. The van der Waals surface area contributed by atoms with E-state index in [9.17, 15) is 9.59 Å². The average Bonchev–Trinajstić information content (AvgIpc) is 2.62. The quantitative estimate of drug-likeness (QED) is 0.343. The molecule has 26 heavy (non-hydrogen) atoms. The summed E-state index contributed by atoms with van der Waals surface area (Å²) in [4.78, 5) is 22.2. The zero-order valence-electron chi connectivity index (χ0n) is 16.5. The van der Waals surface area contributed by atoms with Gasteiger partial charge in [0.2, 0.25) is 11.8 Å². The Bertz CT molecular complexity index is 351. The van der Waals surface area contributed by atoms with Gasteiger partial charge in [0.15, 0.2) is 0 Å². The molecule has 0 saturated carbocycles. The van der Waals surface area contributed by atoms with Gasteiger partial charge in [-0.3, -0.25) is 9.59 Å². The minimum atomic E-state index is -0.0845. The first-order valence-corrected chi connectivity index (χ1v) is 9.42. The van der Waals surface area contributed by atoms with Crippen LogP contribution in [0.1, 0.15) is 33.6 Å². The second-order valence-corrected chi connectivity index (χ2v) is 5.86. The third kappa shape index (κ3) is 17.6. The van der Waals surface area contributed by atoms with Crippen molar-refractivity contribution in [1.29, 1.82) is 0 Å². The van der Waals surface area contributed by atoms with Crippen molar-refractivity contribution in [3.8, 4) is 0 Å². The lowest BCUT2D eigenvalue weighted by molar-refractivity contribution is -0.126. The highest BCUT2D eigenvalue weighted by molar-refractivity contribution is 5.77. The first kappa shape index (κ1) is 24.8. The Morgan fingerprint density at radius 1 is 0.769 bits per heavy atom. The predicted octanol–water partition coefficient (Wildman–Crippen LogP) is 0.741. The van der Waals surface area contributed by atoms with Crippen LogP contribution in [-0.4, -0.2) is 77.8 Å². The van der Waals surface area contributed by atoms with Gasteiger partial charge in [0.1, 0.15) is 6.61 Å². The lowest BCUT2D eigenvalue weighted by atomic mass is 10.0. The van der Waals surface area contributed by atoms with Gasteiger partial charge >= 0.3 is 0 Å². The van der Waals surface area contributed by atoms with Crippen molar-refractivity contribution in [3.63, 3.8) is 0 Å². The number of carbonyl (C=O) groups excluding carboxylic acids is 2. The van der Waals surface area contributed by atoms with Crippen molar-refractivity contribution in [3.05, 3.63) is 0 Å². The van der Waals surface area contributed by atoms with E-state index in [0.717, 1.165) is 12.8 Å². The van der Waals surface area contributed by atoms with E-state index in [4.69, 9.17) is 18.9 Å². The van der Waals surface area contributed by atoms with Crippen molar-refractivity contribution in [2.24, 2.45) is 5.92 Å². The summed E-state index contributed by atoms with van der Waals surface area (Å²) in [6.07, 6.45) is 2.13. The molecule has 0 aromatic rings. The van der Waals surface area contributed by atoms with Crippen LogP contribution >= 0.6 is 0 Å². The van der Waals surface area contributed by atoms with Crippen molar-refractivity contribution >= 4 is 11.8 Å². The van der Waals surface area contributed by atoms with E-state index < -0.39 is 0 Å². The van der Waals surface area contributed by atoms with Gasteiger partial charge in [0, 0.05) is 20.0 Å². The number of hydrogen-bond donors (Lipinski definition) is 2. The molecule has 2 N–H and O–H groups in total. The fourth-order valence-corrected chi connectivity index (χ4v) is 2.01. The molecule has 0 aliphatic heterocycles. The molecule has 0 saturated heterocycles. The summed E-state index contributed by atoms with van der Waals surface area (Å²) in [6, 6.07) is 0. The second-order valence-electron chi connectivity index (χ2n) is 5.86. The van der Waals surface area contributed by atoms with Gasteiger partial charge in [0.25, 0.3) is 0 Å². The molecule has 8 heteroatoms. The summed E-state index contributed by atoms with van der Waals surface area (Å²) < 4.78 is 21.2. The topological polar surface area (TPSA) is 95.1 Å². The van der Waals surface area contributed by atoms with Crippen molar-refractivity contribution < 1.29 is 28.5 Å². The van der Waals surface area contributed by atoms with Gasteiger partial charge in [-0.05, 0) is 5.92 Å². The van der Waals surface area contributed by atoms with E-state index in [2.05, 4.69) is 24.5 Å². The lowest BCUT2D eigenvalue weighted by Crippen LogP contribution is -2.32. The molecule has 8 nitrogen and oxygen atoms in total. The normalized spacial score (nSPS) is 10.9. The maximum atomic E-state index is 11.6. The molecule has 0 aromatic heterocycles. The van der Waals surface area contributed by atoms with Crippen LogP contribution in [0.2, 0.25) is 0 Å². The van der Waals surface area contributed by atoms with Crippen LogP contribution in [0, 0.1) is 5.92 Å². The molecule has 0 heterocycles. The summed E-state index contributed by atoms with van der Waals surface area (Å²) >= 11 is 0. The Hall–Kier alpha value is -1.22. The molecule has 0 rings (SSSR count). The minimum Gasteiger partial charge on any atom is -0.377 e. The summed E-state index contributed by atoms with van der Waals surface area (Å²) in [5.74, 6) is 0.386.